The summed E-state index contributed by atoms with van der Waals surface area (Å²) < 4.78 is 0. The fraction of sp³-hybridized carbons (Fsp3) is 0.632. The Morgan fingerprint density at radius 3 is 2.44 bits per heavy atom. The van der Waals surface area contributed by atoms with Gasteiger partial charge in [-0.3, -0.25) is 19.4 Å². The first kappa shape index (κ1) is 19.3. The average molecular weight is 373 g/mol. The lowest BCUT2D eigenvalue weighted by Gasteiger charge is -2.34. The lowest BCUT2D eigenvalue weighted by molar-refractivity contribution is -0.135. The van der Waals surface area contributed by atoms with Crippen molar-refractivity contribution in [3.63, 3.8) is 0 Å². The van der Waals surface area contributed by atoms with Gasteiger partial charge in [-0.15, -0.1) is 0 Å². The SMILES string of the molecule is CCN1CC2(CC1=O)CN(C(=O)c1cnccn1)CCN(C(=O)C(C)C)C2. The van der Waals surface area contributed by atoms with Crippen molar-refractivity contribution in [3.8, 4) is 0 Å². The van der Waals surface area contributed by atoms with Crippen molar-refractivity contribution >= 4 is 17.7 Å². The molecule has 27 heavy (non-hydrogen) atoms. The Kier molecular flexibility index (Phi) is 5.43. The minimum Gasteiger partial charge on any atom is -0.342 e. The maximum atomic E-state index is 13.0. The number of amides is 3. The van der Waals surface area contributed by atoms with Crippen LogP contribution >= 0.6 is 0 Å². The molecule has 0 aromatic carbocycles. The third-order valence-electron chi connectivity index (χ3n) is 5.35. The predicted octanol–water partition coefficient (Wildman–Crippen LogP) is 0.656. The van der Waals surface area contributed by atoms with Gasteiger partial charge in [0.25, 0.3) is 5.91 Å². The third-order valence-corrected chi connectivity index (χ3v) is 5.35. The fourth-order valence-corrected chi connectivity index (χ4v) is 4.04. The molecular formula is C19H27N5O3. The Morgan fingerprint density at radius 1 is 1.15 bits per heavy atom. The van der Waals surface area contributed by atoms with Gasteiger partial charge in [0.1, 0.15) is 5.69 Å². The number of carbonyl (C=O) groups is 3. The number of likely N-dealkylation sites (tertiary alicyclic amines) is 1. The highest BCUT2D eigenvalue weighted by Crippen LogP contribution is 2.35. The first-order chi connectivity index (χ1) is 12.8. The highest BCUT2D eigenvalue weighted by atomic mass is 16.2. The van der Waals surface area contributed by atoms with Crippen molar-refractivity contribution in [2.24, 2.45) is 11.3 Å². The van der Waals surface area contributed by atoms with E-state index in [1.54, 1.807) is 4.90 Å². The Morgan fingerprint density at radius 2 is 1.85 bits per heavy atom. The standard InChI is InChI=1S/C19H27N5O3/c1-4-22-11-19(9-16(22)25)12-23(17(26)14(2)3)7-8-24(13-19)18(27)15-10-20-5-6-21-15/h5-6,10,14H,4,7-9,11-13H2,1-3H3. The smallest absolute Gasteiger partial charge is 0.274 e. The largest absolute Gasteiger partial charge is 0.342 e. The summed E-state index contributed by atoms with van der Waals surface area (Å²) in [5, 5.41) is 0. The third kappa shape index (κ3) is 3.94. The summed E-state index contributed by atoms with van der Waals surface area (Å²) >= 11 is 0. The molecule has 2 saturated heterocycles. The molecule has 0 aliphatic carbocycles. The van der Waals surface area contributed by atoms with Crippen LogP contribution in [0.3, 0.4) is 0 Å². The second kappa shape index (κ2) is 7.62. The number of aromatic nitrogens is 2. The van der Waals surface area contributed by atoms with E-state index in [2.05, 4.69) is 9.97 Å². The van der Waals surface area contributed by atoms with Gasteiger partial charge in [0.05, 0.1) is 6.20 Å². The highest BCUT2D eigenvalue weighted by Gasteiger charge is 2.47. The minimum absolute atomic E-state index is 0.0607. The Hall–Kier alpha value is -2.51. The normalized spacial score (nSPS) is 23.3. The van der Waals surface area contributed by atoms with E-state index in [1.807, 2.05) is 30.6 Å². The Bertz CT molecular complexity index is 723. The molecule has 1 aromatic heterocycles. The fourth-order valence-electron chi connectivity index (χ4n) is 4.04. The van der Waals surface area contributed by atoms with Crippen molar-refractivity contribution in [1.82, 2.24) is 24.7 Å². The molecule has 8 heteroatoms. The van der Waals surface area contributed by atoms with Crippen LogP contribution in [0, 0.1) is 11.3 Å². The van der Waals surface area contributed by atoms with Crippen molar-refractivity contribution in [1.29, 1.82) is 0 Å². The number of hydrogen-bond donors (Lipinski definition) is 0. The van der Waals surface area contributed by atoms with Crippen LogP contribution in [0.15, 0.2) is 18.6 Å². The van der Waals surface area contributed by atoms with Crippen molar-refractivity contribution in [2.75, 3.05) is 39.3 Å². The summed E-state index contributed by atoms with van der Waals surface area (Å²) in [6, 6.07) is 0. The van der Waals surface area contributed by atoms with Gasteiger partial charge in [-0.1, -0.05) is 13.8 Å². The van der Waals surface area contributed by atoms with Gasteiger partial charge < -0.3 is 14.7 Å². The molecule has 3 heterocycles. The van der Waals surface area contributed by atoms with Crippen molar-refractivity contribution in [3.05, 3.63) is 24.3 Å². The van der Waals surface area contributed by atoms with E-state index < -0.39 is 5.41 Å². The zero-order valence-electron chi connectivity index (χ0n) is 16.2. The summed E-state index contributed by atoms with van der Waals surface area (Å²) in [4.78, 5) is 51.5. The molecule has 1 aromatic rings. The molecule has 3 amide bonds. The minimum atomic E-state index is -0.438. The molecule has 2 fully saturated rings. The number of hydrogen-bond acceptors (Lipinski definition) is 5. The molecule has 3 rings (SSSR count). The molecule has 1 unspecified atom stereocenters. The number of rotatable bonds is 3. The number of nitrogens with zero attached hydrogens (tertiary/aromatic N) is 5. The van der Waals surface area contributed by atoms with Crippen molar-refractivity contribution < 1.29 is 14.4 Å². The number of carbonyl (C=O) groups excluding carboxylic acids is 3. The zero-order valence-corrected chi connectivity index (χ0v) is 16.2. The summed E-state index contributed by atoms with van der Waals surface area (Å²) in [7, 11) is 0. The first-order valence-corrected chi connectivity index (χ1v) is 9.47. The molecule has 1 spiro atoms. The Balaban J connectivity index is 1.89. The van der Waals surface area contributed by atoms with Gasteiger partial charge in [-0.05, 0) is 6.92 Å². The van der Waals surface area contributed by atoms with Crippen LogP contribution in [0.1, 0.15) is 37.7 Å². The molecule has 0 N–H and O–H groups in total. The lowest BCUT2D eigenvalue weighted by Crippen LogP contribution is -2.46. The molecule has 2 aliphatic rings. The van der Waals surface area contributed by atoms with Crippen LogP contribution in [-0.4, -0.2) is 81.7 Å². The monoisotopic (exact) mass is 373 g/mol. The van der Waals surface area contributed by atoms with Crippen LogP contribution in [0.2, 0.25) is 0 Å². The van der Waals surface area contributed by atoms with Crippen LogP contribution in [0.4, 0.5) is 0 Å². The maximum Gasteiger partial charge on any atom is 0.274 e. The lowest BCUT2D eigenvalue weighted by atomic mass is 9.85. The van der Waals surface area contributed by atoms with E-state index >= 15 is 0 Å². The summed E-state index contributed by atoms with van der Waals surface area (Å²) in [5.41, 5.74) is -0.153. The van der Waals surface area contributed by atoms with Gasteiger partial charge in [0, 0.05) is 69.4 Å². The van der Waals surface area contributed by atoms with E-state index in [0.29, 0.717) is 45.7 Å². The maximum absolute atomic E-state index is 13.0. The molecule has 0 bridgehead atoms. The van der Waals surface area contributed by atoms with Crippen molar-refractivity contribution in [2.45, 2.75) is 27.2 Å². The summed E-state index contributed by atoms with van der Waals surface area (Å²) in [6.07, 6.45) is 4.83. The molecule has 0 saturated carbocycles. The molecule has 1 atom stereocenters. The Labute approximate surface area is 159 Å². The molecule has 2 aliphatic heterocycles. The highest BCUT2D eigenvalue weighted by molar-refractivity contribution is 5.92. The average Bonchev–Trinajstić information content (AvgIpc) is 2.86. The van der Waals surface area contributed by atoms with E-state index in [0.717, 1.165) is 0 Å². The molecular weight excluding hydrogens is 346 g/mol. The zero-order chi connectivity index (χ0) is 19.6. The summed E-state index contributed by atoms with van der Waals surface area (Å²) in [6.45, 7) is 8.73. The second-order valence-electron chi connectivity index (χ2n) is 7.82. The molecule has 146 valence electrons. The molecule has 8 nitrogen and oxygen atoms in total. The van der Waals surface area contributed by atoms with E-state index in [4.69, 9.17) is 0 Å². The van der Waals surface area contributed by atoms with Crippen LogP contribution < -0.4 is 0 Å². The quantitative estimate of drug-likeness (QED) is 0.777. The van der Waals surface area contributed by atoms with E-state index in [1.165, 1.54) is 18.6 Å². The molecule has 0 radical (unpaired) electrons. The van der Waals surface area contributed by atoms with Gasteiger partial charge in [-0.2, -0.15) is 0 Å². The topological polar surface area (TPSA) is 86.7 Å². The van der Waals surface area contributed by atoms with Crippen LogP contribution in [0.25, 0.3) is 0 Å². The van der Waals surface area contributed by atoms with Gasteiger partial charge in [-0.25, -0.2) is 4.98 Å². The first-order valence-electron chi connectivity index (χ1n) is 9.47. The van der Waals surface area contributed by atoms with Gasteiger partial charge >= 0.3 is 0 Å². The van der Waals surface area contributed by atoms with Crippen LogP contribution in [-0.2, 0) is 9.59 Å². The van der Waals surface area contributed by atoms with Gasteiger partial charge in [0.15, 0.2) is 0 Å². The predicted molar refractivity (Wildman–Crippen MR) is 98.7 cm³/mol. The van der Waals surface area contributed by atoms with Crippen LogP contribution in [0.5, 0.6) is 0 Å². The van der Waals surface area contributed by atoms with Gasteiger partial charge in [0.2, 0.25) is 11.8 Å². The second-order valence-corrected chi connectivity index (χ2v) is 7.82. The summed E-state index contributed by atoms with van der Waals surface area (Å²) in [5.74, 6) is -0.179. The van der Waals surface area contributed by atoms with E-state index in [-0.39, 0.29) is 29.3 Å². The van der Waals surface area contributed by atoms with E-state index in [9.17, 15) is 14.4 Å².